The zero-order chi connectivity index (χ0) is 21.7. The molecular weight excluding hydrogens is 396 g/mol. The monoisotopic (exact) mass is 424 g/mol. The van der Waals surface area contributed by atoms with Gasteiger partial charge in [0.25, 0.3) is 0 Å². The van der Waals surface area contributed by atoms with E-state index < -0.39 is 0 Å². The topological polar surface area (TPSA) is 69.0 Å². The first kappa shape index (κ1) is 21.9. The standard InChI is InChI=1S/C23H28N4O2S/c1-6-27-21(13-29-20-10-15(2)9-16(3)11-20)25-26-23(27)30-14-22(28)24-19-8-7-17(4)18(5)12-19/h7-12H,6,13-14H2,1-5H3,(H,24,28). The predicted molar refractivity (Wildman–Crippen MR) is 121 cm³/mol. The van der Waals surface area contributed by atoms with Crippen molar-refractivity contribution in [3.63, 3.8) is 0 Å². The zero-order valence-corrected chi connectivity index (χ0v) is 19.0. The maximum absolute atomic E-state index is 12.3. The molecule has 1 amide bonds. The van der Waals surface area contributed by atoms with E-state index in [2.05, 4.69) is 28.5 Å². The van der Waals surface area contributed by atoms with Crippen molar-refractivity contribution in [1.82, 2.24) is 14.8 Å². The Kier molecular flexibility index (Phi) is 7.15. The molecule has 2 aromatic carbocycles. The molecule has 0 bridgehead atoms. The van der Waals surface area contributed by atoms with E-state index >= 15 is 0 Å². The summed E-state index contributed by atoms with van der Waals surface area (Å²) in [5.41, 5.74) is 5.48. The molecule has 0 aliphatic heterocycles. The molecule has 0 fully saturated rings. The number of aromatic nitrogens is 3. The van der Waals surface area contributed by atoms with Gasteiger partial charge in [-0.05, 0) is 81.1 Å². The van der Waals surface area contributed by atoms with Gasteiger partial charge in [0.05, 0.1) is 5.75 Å². The van der Waals surface area contributed by atoms with Gasteiger partial charge in [-0.15, -0.1) is 10.2 Å². The van der Waals surface area contributed by atoms with Crippen LogP contribution in [0, 0.1) is 27.7 Å². The lowest BCUT2D eigenvalue weighted by Crippen LogP contribution is -2.15. The molecule has 0 unspecified atom stereocenters. The van der Waals surface area contributed by atoms with Crippen LogP contribution in [0.25, 0.3) is 0 Å². The van der Waals surface area contributed by atoms with Crippen molar-refractivity contribution >= 4 is 23.4 Å². The van der Waals surface area contributed by atoms with Crippen LogP contribution in [0.5, 0.6) is 5.75 Å². The number of anilines is 1. The van der Waals surface area contributed by atoms with E-state index in [9.17, 15) is 4.79 Å². The van der Waals surface area contributed by atoms with Crippen molar-refractivity contribution in [3.8, 4) is 5.75 Å². The molecule has 0 radical (unpaired) electrons. The molecule has 0 saturated carbocycles. The van der Waals surface area contributed by atoms with Gasteiger partial charge in [0, 0.05) is 12.2 Å². The Bertz CT molecular complexity index is 1030. The van der Waals surface area contributed by atoms with Crippen LogP contribution in [-0.4, -0.2) is 26.4 Å². The quantitative estimate of drug-likeness (QED) is 0.524. The Morgan fingerprint density at radius 3 is 2.43 bits per heavy atom. The Morgan fingerprint density at radius 2 is 1.77 bits per heavy atom. The first-order valence-corrected chi connectivity index (χ1v) is 11.0. The van der Waals surface area contributed by atoms with Crippen LogP contribution in [0.15, 0.2) is 41.6 Å². The van der Waals surface area contributed by atoms with Gasteiger partial charge in [-0.2, -0.15) is 0 Å². The first-order valence-electron chi connectivity index (χ1n) is 9.98. The van der Waals surface area contributed by atoms with E-state index in [1.54, 1.807) is 0 Å². The molecule has 0 saturated heterocycles. The number of carbonyl (C=O) groups excluding carboxylic acids is 1. The summed E-state index contributed by atoms with van der Waals surface area (Å²) in [6, 6.07) is 12.0. The van der Waals surface area contributed by atoms with Crippen LogP contribution < -0.4 is 10.1 Å². The number of hydrogen-bond acceptors (Lipinski definition) is 5. The van der Waals surface area contributed by atoms with Crippen LogP contribution in [0.3, 0.4) is 0 Å². The lowest BCUT2D eigenvalue weighted by Gasteiger charge is -2.10. The number of ether oxygens (including phenoxy) is 1. The van der Waals surface area contributed by atoms with Gasteiger partial charge in [-0.1, -0.05) is 23.9 Å². The third kappa shape index (κ3) is 5.63. The van der Waals surface area contributed by atoms with Crippen molar-refractivity contribution in [2.24, 2.45) is 0 Å². The van der Waals surface area contributed by atoms with Crippen LogP contribution in [0.1, 0.15) is 35.0 Å². The molecule has 30 heavy (non-hydrogen) atoms. The Labute approximate surface area is 182 Å². The molecule has 1 aromatic heterocycles. The summed E-state index contributed by atoms with van der Waals surface area (Å²) < 4.78 is 7.91. The molecule has 0 aliphatic carbocycles. The summed E-state index contributed by atoms with van der Waals surface area (Å²) in [6.07, 6.45) is 0. The number of aryl methyl sites for hydroxylation is 4. The third-order valence-corrected chi connectivity index (χ3v) is 5.76. The molecule has 0 atom stereocenters. The number of nitrogens with zero attached hydrogens (tertiary/aromatic N) is 3. The Morgan fingerprint density at radius 1 is 1.03 bits per heavy atom. The average molecular weight is 425 g/mol. The predicted octanol–water partition coefficient (Wildman–Crippen LogP) is 4.84. The van der Waals surface area contributed by atoms with Crippen molar-refractivity contribution < 1.29 is 9.53 Å². The summed E-state index contributed by atoms with van der Waals surface area (Å²) in [5, 5.41) is 12.2. The van der Waals surface area contributed by atoms with Gasteiger partial charge in [0.15, 0.2) is 11.0 Å². The fourth-order valence-corrected chi connectivity index (χ4v) is 3.98. The fourth-order valence-electron chi connectivity index (χ4n) is 3.16. The fraction of sp³-hybridized carbons (Fsp3) is 0.348. The number of benzene rings is 2. The minimum atomic E-state index is -0.0676. The van der Waals surface area contributed by atoms with Crippen LogP contribution in [-0.2, 0) is 17.9 Å². The van der Waals surface area contributed by atoms with Crippen molar-refractivity contribution in [3.05, 3.63) is 64.5 Å². The highest BCUT2D eigenvalue weighted by atomic mass is 32.2. The Balaban J connectivity index is 1.59. The molecule has 7 heteroatoms. The van der Waals surface area contributed by atoms with Crippen LogP contribution in [0.4, 0.5) is 5.69 Å². The number of hydrogen-bond donors (Lipinski definition) is 1. The molecule has 3 rings (SSSR count). The Hall–Kier alpha value is -2.80. The van der Waals surface area contributed by atoms with E-state index in [-0.39, 0.29) is 11.7 Å². The lowest BCUT2D eigenvalue weighted by atomic mass is 10.1. The molecular formula is C23H28N4O2S. The molecule has 0 spiro atoms. The van der Waals surface area contributed by atoms with Crippen LogP contribution in [0.2, 0.25) is 0 Å². The third-order valence-electron chi connectivity index (χ3n) is 4.80. The largest absolute Gasteiger partial charge is 0.486 e. The second-order valence-electron chi connectivity index (χ2n) is 7.39. The first-order chi connectivity index (χ1) is 14.4. The highest BCUT2D eigenvalue weighted by molar-refractivity contribution is 7.99. The number of rotatable bonds is 8. The van der Waals surface area contributed by atoms with Gasteiger partial charge in [-0.3, -0.25) is 4.79 Å². The molecule has 3 aromatic rings. The maximum Gasteiger partial charge on any atom is 0.234 e. The normalized spacial score (nSPS) is 10.8. The van der Waals surface area contributed by atoms with Gasteiger partial charge in [-0.25, -0.2) is 0 Å². The highest BCUT2D eigenvalue weighted by Gasteiger charge is 2.14. The second kappa shape index (κ2) is 9.80. The minimum absolute atomic E-state index is 0.0676. The smallest absolute Gasteiger partial charge is 0.234 e. The van der Waals surface area contributed by atoms with Gasteiger partial charge < -0.3 is 14.6 Å². The van der Waals surface area contributed by atoms with Crippen molar-refractivity contribution in [2.75, 3.05) is 11.1 Å². The molecule has 0 aliphatic rings. The van der Waals surface area contributed by atoms with Crippen molar-refractivity contribution in [2.45, 2.75) is 52.9 Å². The zero-order valence-electron chi connectivity index (χ0n) is 18.2. The van der Waals surface area contributed by atoms with Gasteiger partial charge in [0.1, 0.15) is 12.4 Å². The molecule has 1 heterocycles. The lowest BCUT2D eigenvalue weighted by molar-refractivity contribution is -0.113. The number of nitrogens with one attached hydrogen (secondary N) is 1. The van der Waals surface area contributed by atoms with E-state index in [1.807, 2.05) is 62.6 Å². The van der Waals surface area contributed by atoms with E-state index in [0.717, 1.165) is 34.0 Å². The number of carbonyl (C=O) groups is 1. The molecule has 158 valence electrons. The van der Waals surface area contributed by atoms with E-state index in [1.165, 1.54) is 17.3 Å². The maximum atomic E-state index is 12.3. The highest BCUT2D eigenvalue weighted by Crippen LogP contribution is 2.21. The van der Waals surface area contributed by atoms with Gasteiger partial charge >= 0.3 is 0 Å². The summed E-state index contributed by atoms with van der Waals surface area (Å²) in [6.45, 7) is 11.3. The van der Waals surface area contributed by atoms with E-state index in [4.69, 9.17) is 4.74 Å². The molecule has 1 N–H and O–H groups in total. The average Bonchev–Trinajstić information content (AvgIpc) is 3.09. The van der Waals surface area contributed by atoms with Crippen LogP contribution >= 0.6 is 11.8 Å². The van der Waals surface area contributed by atoms with E-state index in [0.29, 0.717) is 18.3 Å². The number of thioether (sulfide) groups is 1. The van der Waals surface area contributed by atoms with Gasteiger partial charge in [0.2, 0.25) is 5.91 Å². The minimum Gasteiger partial charge on any atom is -0.486 e. The summed E-state index contributed by atoms with van der Waals surface area (Å²) in [4.78, 5) is 12.3. The number of amides is 1. The van der Waals surface area contributed by atoms with Crippen molar-refractivity contribution in [1.29, 1.82) is 0 Å². The molecule has 6 nitrogen and oxygen atoms in total. The summed E-state index contributed by atoms with van der Waals surface area (Å²) in [5.74, 6) is 1.76. The summed E-state index contributed by atoms with van der Waals surface area (Å²) in [7, 11) is 0. The SMILES string of the molecule is CCn1c(COc2cc(C)cc(C)c2)nnc1SCC(=O)Nc1ccc(C)c(C)c1. The second-order valence-corrected chi connectivity index (χ2v) is 8.33. The summed E-state index contributed by atoms with van der Waals surface area (Å²) >= 11 is 1.38.